The number of fused-ring (bicyclic) bond motifs is 1. The summed E-state index contributed by atoms with van der Waals surface area (Å²) in [7, 11) is 0. The molecule has 3 saturated carbocycles. The van der Waals surface area contributed by atoms with E-state index in [0.29, 0.717) is 24.4 Å². The fourth-order valence-corrected chi connectivity index (χ4v) is 7.34. The molecule has 2 aliphatic heterocycles. The molecule has 4 atom stereocenters. The van der Waals surface area contributed by atoms with E-state index in [1.165, 1.54) is 32.1 Å². The van der Waals surface area contributed by atoms with Gasteiger partial charge in [0.25, 0.3) is 0 Å². The lowest BCUT2D eigenvalue weighted by Crippen LogP contribution is -2.37. The van der Waals surface area contributed by atoms with Crippen molar-refractivity contribution in [2.75, 3.05) is 13.2 Å². The predicted molar refractivity (Wildman–Crippen MR) is 146 cm³/mol. The maximum atomic E-state index is 13.0. The smallest absolute Gasteiger partial charge is 0.314 e. The first-order chi connectivity index (χ1) is 17.6. The summed E-state index contributed by atoms with van der Waals surface area (Å²) in [5.74, 6) is 2.36. The van der Waals surface area contributed by atoms with E-state index in [1.807, 2.05) is 0 Å². The quantitative estimate of drug-likeness (QED) is 0.362. The molecule has 2 saturated heterocycles. The van der Waals surface area contributed by atoms with Crippen LogP contribution in [0.15, 0.2) is 0 Å². The summed E-state index contributed by atoms with van der Waals surface area (Å²) in [6.07, 6.45) is 15.2. The molecule has 0 aromatic heterocycles. The second kappa shape index (κ2) is 12.9. The van der Waals surface area contributed by atoms with Gasteiger partial charge in [0, 0.05) is 5.92 Å². The van der Waals surface area contributed by atoms with E-state index in [9.17, 15) is 9.59 Å². The number of Topliss-reactive ketones (excluding diaryl/α,β-unsaturated/α-hetero) is 1. The summed E-state index contributed by atoms with van der Waals surface area (Å²) in [5.41, 5.74) is 0.351. The highest BCUT2D eigenvalue weighted by Crippen LogP contribution is 2.41. The third-order valence-electron chi connectivity index (χ3n) is 10.3. The van der Waals surface area contributed by atoms with Crippen molar-refractivity contribution in [2.45, 2.75) is 136 Å². The van der Waals surface area contributed by atoms with Crippen molar-refractivity contribution >= 4 is 11.8 Å². The van der Waals surface area contributed by atoms with E-state index in [1.54, 1.807) is 0 Å². The lowest BCUT2D eigenvalue weighted by molar-refractivity contribution is -0.159. The SMILES string of the molecule is CC(C)C1CCCCC1.CC1CCC(C(=O)C2COC3C(C(=O)OC4CCC(C)(C)CC4)COC23)CC1. The topological polar surface area (TPSA) is 61.8 Å². The van der Waals surface area contributed by atoms with Crippen LogP contribution in [-0.4, -0.2) is 43.3 Å². The highest BCUT2D eigenvalue weighted by atomic mass is 16.6. The zero-order valence-electron chi connectivity index (χ0n) is 24.3. The molecule has 37 heavy (non-hydrogen) atoms. The van der Waals surface area contributed by atoms with Gasteiger partial charge in [-0.05, 0) is 61.7 Å². The van der Waals surface area contributed by atoms with Crippen molar-refractivity contribution in [3.8, 4) is 0 Å². The lowest BCUT2D eigenvalue weighted by Gasteiger charge is -2.34. The number of rotatable bonds is 5. The van der Waals surface area contributed by atoms with Crippen molar-refractivity contribution in [3.05, 3.63) is 0 Å². The van der Waals surface area contributed by atoms with E-state index in [2.05, 4.69) is 34.6 Å². The molecule has 0 N–H and O–H groups in total. The summed E-state index contributed by atoms with van der Waals surface area (Å²) in [4.78, 5) is 25.8. The van der Waals surface area contributed by atoms with Gasteiger partial charge < -0.3 is 14.2 Å². The van der Waals surface area contributed by atoms with Crippen molar-refractivity contribution in [3.63, 3.8) is 0 Å². The number of ketones is 1. The third-order valence-corrected chi connectivity index (χ3v) is 10.3. The zero-order valence-corrected chi connectivity index (χ0v) is 24.3. The summed E-state index contributed by atoms with van der Waals surface area (Å²) in [6, 6.07) is 0. The molecule has 212 valence electrons. The largest absolute Gasteiger partial charge is 0.462 e. The van der Waals surface area contributed by atoms with Crippen LogP contribution >= 0.6 is 0 Å². The van der Waals surface area contributed by atoms with Crippen LogP contribution in [-0.2, 0) is 23.8 Å². The first-order valence-electron chi connectivity index (χ1n) is 15.6. The molecular weight excluding hydrogens is 464 g/mol. The molecule has 3 aliphatic carbocycles. The molecule has 0 bridgehead atoms. The Morgan fingerprint density at radius 1 is 0.784 bits per heavy atom. The molecule has 0 amide bonds. The van der Waals surface area contributed by atoms with Gasteiger partial charge in [0.2, 0.25) is 0 Å². The van der Waals surface area contributed by atoms with Gasteiger partial charge in [0.1, 0.15) is 23.9 Å². The van der Waals surface area contributed by atoms with Gasteiger partial charge in [-0.2, -0.15) is 0 Å². The maximum absolute atomic E-state index is 13.0. The molecule has 2 heterocycles. The number of hydrogen-bond acceptors (Lipinski definition) is 5. The molecule has 4 unspecified atom stereocenters. The predicted octanol–water partition coefficient (Wildman–Crippen LogP) is 7.15. The Morgan fingerprint density at radius 2 is 1.35 bits per heavy atom. The highest BCUT2D eigenvalue weighted by molar-refractivity contribution is 5.85. The second-order valence-corrected chi connectivity index (χ2v) is 14.1. The minimum atomic E-state index is -0.385. The minimum absolute atomic E-state index is 0.0163. The summed E-state index contributed by atoms with van der Waals surface area (Å²) in [6.45, 7) is 12.2. The Morgan fingerprint density at radius 3 is 1.92 bits per heavy atom. The number of carbonyl (C=O) groups excluding carboxylic acids is 2. The van der Waals surface area contributed by atoms with Crippen molar-refractivity contribution in [2.24, 2.45) is 40.9 Å². The Kier molecular flexibility index (Phi) is 10.2. The number of ether oxygens (including phenoxy) is 3. The fraction of sp³-hybridized carbons (Fsp3) is 0.938. The van der Waals surface area contributed by atoms with E-state index < -0.39 is 0 Å². The van der Waals surface area contributed by atoms with Crippen LogP contribution in [0.5, 0.6) is 0 Å². The standard InChI is InChI=1S/C23H36O5.C9H18/c1-14-4-6-15(7-5-14)19(24)17-12-26-21-18(13-27-20(17)21)22(25)28-16-8-10-23(2,3)11-9-16;1-8(2)9-6-4-3-5-7-9/h14-18,20-21H,4-13H2,1-3H3;8-9H,3-7H2,1-2H3. The van der Waals surface area contributed by atoms with Gasteiger partial charge in [-0.3, -0.25) is 9.59 Å². The molecule has 5 aliphatic rings. The molecule has 5 rings (SSSR count). The van der Waals surface area contributed by atoms with Gasteiger partial charge in [-0.15, -0.1) is 0 Å². The lowest BCUT2D eigenvalue weighted by atomic mass is 9.76. The van der Waals surface area contributed by atoms with Gasteiger partial charge in [-0.25, -0.2) is 0 Å². The van der Waals surface area contributed by atoms with Crippen LogP contribution in [0, 0.1) is 40.9 Å². The third kappa shape index (κ3) is 7.59. The van der Waals surface area contributed by atoms with Gasteiger partial charge >= 0.3 is 5.97 Å². The molecule has 5 heteroatoms. The van der Waals surface area contributed by atoms with Gasteiger partial charge in [0.15, 0.2) is 0 Å². The number of hydrogen-bond donors (Lipinski definition) is 0. The van der Waals surface area contributed by atoms with Crippen LogP contribution in [0.2, 0.25) is 0 Å². The molecule has 0 radical (unpaired) electrons. The molecule has 0 aromatic carbocycles. The van der Waals surface area contributed by atoms with Crippen LogP contribution in [0.3, 0.4) is 0 Å². The van der Waals surface area contributed by atoms with Crippen molar-refractivity contribution < 1.29 is 23.8 Å². The Bertz CT molecular complexity index is 736. The Hall–Kier alpha value is -0.940. The fourth-order valence-electron chi connectivity index (χ4n) is 7.34. The Labute approximate surface area is 226 Å². The number of esters is 1. The Balaban J connectivity index is 0.000000301. The van der Waals surface area contributed by atoms with E-state index in [0.717, 1.165) is 69.1 Å². The van der Waals surface area contributed by atoms with E-state index >= 15 is 0 Å². The second-order valence-electron chi connectivity index (χ2n) is 14.1. The van der Waals surface area contributed by atoms with Crippen molar-refractivity contribution in [1.82, 2.24) is 0 Å². The van der Waals surface area contributed by atoms with E-state index in [-0.39, 0.29) is 42.0 Å². The number of carbonyl (C=O) groups is 2. The highest BCUT2D eigenvalue weighted by Gasteiger charge is 2.54. The maximum Gasteiger partial charge on any atom is 0.314 e. The molecule has 5 nitrogen and oxygen atoms in total. The van der Waals surface area contributed by atoms with Gasteiger partial charge in [-0.1, -0.05) is 79.6 Å². The van der Waals surface area contributed by atoms with Crippen LogP contribution in [0.4, 0.5) is 0 Å². The first kappa shape index (κ1) is 29.1. The molecule has 0 spiro atoms. The van der Waals surface area contributed by atoms with Crippen molar-refractivity contribution in [1.29, 1.82) is 0 Å². The first-order valence-corrected chi connectivity index (χ1v) is 15.6. The van der Waals surface area contributed by atoms with Crippen LogP contribution < -0.4 is 0 Å². The summed E-state index contributed by atoms with van der Waals surface area (Å²) < 4.78 is 17.7. The summed E-state index contributed by atoms with van der Waals surface area (Å²) in [5, 5.41) is 0. The molecule has 0 aromatic rings. The summed E-state index contributed by atoms with van der Waals surface area (Å²) >= 11 is 0. The average Bonchev–Trinajstić information content (AvgIpc) is 3.49. The van der Waals surface area contributed by atoms with E-state index in [4.69, 9.17) is 14.2 Å². The van der Waals surface area contributed by atoms with Crippen LogP contribution in [0.25, 0.3) is 0 Å². The normalized spacial score (nSPS) is 36.5. The van der Waals surface area contributed by atoms with Crippen LogP contribution in [0.1, 0.15) is 118 Å². The zero-order chi connectivity index (χ0) is 26.6. The minimum Gasteiger partial charge on any atom is -0.462 e. The molecule has 5 fully saturated rings. The van der Waals surface area contributed by atoms with Gasteiger partial charge in [0.05, 0.1) is 25.2 Å². The monoisotopic (exact) mass is 518 g/mol. The average molecular weight is 519 g/mol. The molecular formula is C32H54O5.